The van der Waals surface area contributed by atoms with E-state index in [1.54, 1.807) is 26.5 Å². The molecule has 0 aliphatic carbocycles. The molecular weight excluding hydrogens is 356 g/mol. The molecule has 0 fully saturated rings. The Kier molecular flexibility index (Phi) is 5.84. The number of amides is 2. The fraction of sp³-hybridized carbons (Fsp3) is 0.238. The van der Waals surface area contributed by atoms with Crippen LogP contribution < -0.4 is 20.1 Å². The summed E-state index contributed by atoms with van der Waals surface area (Å²) in [5, 5.41) is 5.87. The fourth-order valence-corrected chi connectivity index (χ4v) is 2.97. The first-order chi connectivity index (χ1) is 13.5. The van der Waals surface area contributed by atoms with Crippen molar-refractivity contribution >= 4 is 11.7 Å². The summed E-state index contributed by atoms with van der Waals surface area (Å²) in [6, 6.07) is 12.3. The minimum atomic E-state index is -0.492. The van der Waals surface area contributed by atoms with Crippen LogP contribution in [0.1, 0.15) is 23.0 Å². The van der Waals surface area contributed by atoms with Crippen LogP contribution in [-0.2, 0) is 7.05 Å². The number of hydrogen-bond acceptors (Lipinski definition) is 4. The van der Waals surface area contributed by atoms with Gasteiger partial charge in [0.2, 0.25) is 0 Å². The molecule has 2 aromatic carbocycles. The molecule has 146 valence electrons. The first kappa shape index (κ1) is 19.3. The van der Waals surface area contributed by atoms with E-state index in [4.69, 9.17) is 9.47 Å². The summed E-state index contributed by atoms with van der Waals surface area (Å²) in [5.41, 5.74) is 2.58. The lowest BCUT2D eigenvalue weighted by atomic mass is 10.1. The highest BCUT2D eigenvalue weighted by molar-refractivity contribution is 5.89. The maximum absolute atomic E-state index is 12.7. The minimum Gasteiger partial charge on any atom is -0.497 e. The van der Waals surface area contributed by atoms with Gasteiger partial charge in [0.25, 0.3) is 0 Å². The predicted octanol–water partition coefficient (Wildman–Crippen LogP) is 3.66. The van der Waals surface area contributed by atoms with Gasteiger partial charge in [0.15, 0.2) is 0 Å². The first-order valence-corrected chi connectivity index (χ1v) is 8.84. The lowest BCUT2D eigenvalue weighted by Crippen LogP contribution is -2.34. The average molecular weight is 380 g/mol. The number of hydrogen-bond donors (Lipinski definition) is 2. The van der Waals surface area contributed by atoms with Crippen LogP contribution in [0.25, 0.3) is 0 Å². The van der Waals surface area contributed by atoms with Crippen LogP contribution in [-0.4, -0.2) is 29.8 Å². The number of carbonyl (C=O) groups is 1. The number of benzene rings is 2. The molecule has 0 radical (unpaired) electrons. The van der Waals surface area contributed by atoms with Crippen molar-refractivity contribution in [3.05, 3.63) is 71.8 Å². The zero-order chi connectivity index (χ0) is 20.1. The van der Waals surface area contributed by atoms with Crippen LogP contribution in [0.3, 0.4) is 0 Å². The zero-order valence-electron chi connectivity index (χ0n) is 16.4. The number of imidazole rings is 1. The molecule has 3 rings (SSSR count). The summed E-state index contributed by atoms with van der Waals surface area (Å²) in [4.78, 5) is 17.1. The van der Waals surface area contributed by atoms with Gasteiger partial charge >= 0.3 is 6.03 Å². The smallest absolute Gasteiger partial charge is 0.320 e. The molecule has 0 aliphatic heterocycles. The van der Waals surface area contributed by atoms with Crippen molar-refractivity contribution in [3.8, 4) is 11.5 Å². The van der Waals surface area contributed by atoms with Crippen LogP contribution >= 0.6 is 0 Å². The van der Waals surface area contributed by atoms with Crippen LogP contribution in [0.5, 0.6) is 11.5 Å². The lowest BCUT2D eigenvalue weighted by Gasteiger charge is -2.21. The fourth-order valence-electron chi connectivity index (χ4n) is 2.97. The number of nitrogens with zero attached hydrogens (tertiary/aromatic N) is 2. The maximum atomic E-state index is 12.7. The molecule has 1 heterocycles. The first-order valence-electron chi connectivity index (χ1n) is 8.84. The van der Waals surface area contributed by atoms with Crippen LogP contribution in [0.2, 0.25) is 0 Å². The minimum absolute atomic E-state index is 0.333. The van der Waals surface area contributed by atoms with Crippen LogP contribution in [0.4, 0.5) is 10.5 Å². The Bertz CT molecular complexity index is 946. The summed E-state index contributed by atoms with van der Waals surface area (Å²) in [5.74, 6) is 1.96. The highest BCUT2D eigenvalue weighted by Gasteiger charge is 2.22. The Labute approximate surface area is 164 Å². The largest absolute Gasteiger partial charge is 0.497 e. The Morgan fingerprint density at radius 1 is 1.11 bits per heavy atom. The number of ether oxygens (including phenoxy) is 2. The molecule has 3 aromatic rings. The zero-order valence-corrected chi connectivity index (χ0v) is 16.4. The maximum Gasteiger partial charge on any atom is 0.320 e. The van der Waals surface area contributed by atoms with Gasteiger partial charge in [0, 0.05) is 31.2 Å². The van der Waals surface area contributed by atoms with Gasteiger partial charge in [-0.15, -0.1) is 0 Å². The normalized spacial score (nSPS) is 11.6. The highest BCUT2D eigenvalue weighted by Crippen LogP contribution is 2.29. The van der Waals surface area contributed by atoms with E-state index in [2.05, 4.69) is 15.6 Å². The summed E-state index contributed by atoms with van der Waals surface area (Å²) in [6.45, 7) is 1.97. The van der Waals surface area contributed by atoms with E-state index < -0.39 is 6.04 Å². The number of carbonyl (C=O) groups excluding carboxylic acids is 1. The Morgan fingerprint density at radius 2 is 1.82 bits per heavy atom. The topological polar surface area (TPSA) is 77.4 Å². The number of rotatable bonds is 6. The Morgan fingerprint density at radius 3 is 2.39 bits per heavy atom. The monoisotopic (exact) mass is 380 g/mol. The van der Waals surface area contributed by atoms with Crippen molar-refractivity contribution in [2.75, 3.05) is 19.5 Å². The summed E-state index contributed by atoms with van der Waals surface area (Å²) >= 11 is 0. The SMILES string of the molecule is COc1cc(OC)cc([C@H](NC(=O)Nc2cccc(C)c2)c2nccn2C)c1. The van der Waals surface area contributed by atoms with Crippen molar-refractivity contribution in [2.45, 2.75) is 13.0 Å². The van der Waals surface area contributed by atoms with Gasteiger partial charge in [0.1, 0.15) is 23.4 Å². The van der Waals surface area contributed by atoms with Gasteiger partial charge in [0.05, 0.1) is 14.2 Å². The Balaban J connectivity index is 1.92. The number of methoxy groups -OCH3 is 2. The third-order valence-electron chi connectivity index (χ3n) is 4.38. The molecule has 0 spiro atoms. The van der Waals surface area contributed by atoms with Crippen molar-refractivity contribution in [3.63, 3.8) is 0 Å². The third kappa shape index (κ3) is 4.43. The Hall–Kier alpha value is -3.48. The quantitative estimate of drug-likeness (QED) is 0.684. The van der Waals surface area contributed by atoms with E-state index >= 15 is 0 Å². The van der Waals surface area contributed by atoms with E-state index in [-0.39, 0.29) is 6.03 Å². The second kappa shape index (κ2) is 8.47. The van der Waals surface area contributed by atoms with Gasteiger partial charge in [-0.2, -0.15) is 0 Å². The van der Waals surface area contributed by atoms with Crippen molar-refractivity contribution in [1.82, 2.24) is 14.9 Å². The van der Waals surface area contributed by atoms with Crippen molar-refractivity contribution in [2.24, 2.45) is 7.05 Å². The number of urea groups is 1. The molecule has 2 amide bonds. The van der Waals surface area contributed by atoms with E-state index in [0.717, 1.165) is 16.8 Å². The van der Waals surface area contributed by atoms with Crippen LogP contribution in [0, 0.1) is 6.92 Å². The molecule has 28 heavy (non-hydrogen) atoms. The molecule has 0 unspecified atom stereocenters. The number of anilines is 1. The second-order valence-electron chi connectivity index (χ2n) is 6.44. The van der Waals surface area contributed by atoms with Gasteiger partial charge in [-0.25, -0.2) is 9.78 Å². The highest BCUT2D eigenvalue weighted by atomic mass is 16.5. The molecular formula is C21H24N4O3. The molecule has 0 saturated carbocycles. The molecule has 1 atom stereocenters. The van der Waals surface area contributed by atoms with E-state index in [1.165, 1.54) is 0 Å². The molecule has 0 bridgehead atoms. The lowest BCUT2D eigenvalue weighted by molar-refractivity contribution is 0.249. The van der Waals surface area contributed by atoms with E-state index in [1.807, 2.05) is 61.1 Å². The predicted molar refractivity (Wildman–Crippen MR) is 108 cm³/mol. The summed E-state index contributed by atoms with van der Waals surface area (Å²) in [7, 11) is 5.06. The molecule has 0 saturated heterocycles. The number of aryl methyl sites for hydroxylation is 2. The summed E-state index contributed by atoms with van der Waals surface area (Å²) < 4.78 is 12.6. The van der Waals surface area contributed by atoms with Crippen molar-refractivity contribution < 1.29 is 14.3 Å². The average Bonchev–Trinajstić information content (AvgIpc) is 3.11. The molecule has 7 nitrogen and oxygen atoms in total. The third-order valence-corrected chi connectivity index (χ3v) is 4.38. The molecule has 0 aliphatic rings. The second-order valence-corrected chi connectivity index (χ2v) is 6.44. The number of nitrogens with one attached hydrogen (secondary N) is 2. The van der Waals surface area contributed by atoms with Gasteiger partial charge in [-0.1, -0.05) is 12.1 Å². The van der Waals surface area contributed by atoms with Gasteiger partial charge in [-0.3, -0.25) is 0 Å². The van der Waals surface area contributed by atoms with Gasteiger partial charge < -0.3 is 24.7 Å². The van der Waals surface area contributed by atoms with E-state index in [9.17, 15) is 4.79 Å². The summed E-state index contributed by atoms with van der Waals surface area (Å²) in [6.07, 6.45) is 3.53. The molecule has 1 aromatic heterocycles. The number of aromatic nitrogens is 2. The van der Waals surface area contributed by atoms with Crippen LogP contribution in [0.15, 0.2) is 54.9 Å². The molecule has 2 N–H and O–H groups in total. The van der Waals surface area contributed by atoms with Crippen molar-refractivity contribution in [1.29, 1.82) is 0 Å². The molecule has 7 heteroatoms. The van der Waals surface area contributed by atoms with Gasteiger partial charge in [-0.05, 0) is 42.3 Å². The standard InChI is InChI=1S/C21H24N4O3/c1-14-6-5-7-16(10-14)23-21(26)24-19(20-22-8-9-25(20)2)15-11-17(27-3)13-18(12-15)28-4/h5-13,19H,1-4H3,(H2,23,24,26)/t19-/m0/s1. The van der Waals surface area contributed by atoms with E-state index in [0.29, 0.717) is 17.3 Å².